The number of halogens is 1. The van der Waals surface area contributed by atoms with Gasteiger partial charge in [-0.15, -0.1) is 0 Å². The van der Waals surface area contributed by atoms with Gasteiger partial charge in [0.1, 0.15) is 5.75 Å². The van der Waals surface area contributed by atoms with E-state index in [9.17, 15) is 4.39 Å². The Labute approximate surface area is 150 Å². The topological polar surface area (TPSA) is 18.5 Å². The summed E-state index contributed by atoms with van der Waals surface area (Å²) >= 11 is 0. The number of benzene rings is 2. The van der Waals surface area contributed by atoms with Crippen LogP contribution in [0, 0.1) is 5.82 Å². The molecule has 0 saturated heterocycles. The highest BCUT2D eigenvalue weighted by Gasteiger charge is 2.22. The minimum absolute atomic E-state index is 0.192. The molecule has 0 bridgehead atoms. The molecule has 134 valence electrons. The molecule has 0 fully saturated rings. The van der Waals surface area contributed by atoms with E-state index in [4.69, 9.17) is 9.47 Å². The largest absolute Gasteiger partial charge is 0.494 e. The van der Waals surface area contributed by atoms with E-state index in [1.807, 2.05) is 12.1 Å². The molecule has 0 amide bonds. The highest BCUT2D eigenvalue weighted by atomic mass is 19.1. The lowest BCUT2D eigenvalue weighted by Crippen LogP contribution is -2.09. The molecule has 0 unspecified atom stereocenters. The van der Waals surface area contributed by atoms with Gasteiger partial charge in [0.15, 0.2) is 11.6 Å². The van der Waals surface area contributed by atoms with Crippen molar-refractivity contribution in [3.63, 3.8) is 0 Å². The molecule has 0 aliphatic heterocycles. The second-order valence-electron chi connectivity index (χ2n) is 6.63. The summed E-state index contributed by atoms with van der Waals surface area (Å²) < 4.78 is 26.2. The van der Waals surface area contributed by atoms with Crippen LogP contribution in [-0.2, 0) is 12.8 Å². The zero-order valence-corrected chi connectivity index (χ0v) is 15.2. The van der Waals surface area contributed by atoms with Gasteiger partial charge in [-0.25, -0.2) is 4.39 Å². The maximum absolute atomic E-state index is 14.8. The average Bonchev–Trinajstić information content (AvgIpc) is 2.63. The first-order chi connectivity index (χ1) is 12.2. The molecule has 0 atom stereocenters. The maximum Gasteiger partial charge on any atom is 0.168 e. The van der Waals surface area contributed by atoms with Crippen molar-refractivity contribution in [2.24, 2.45) is 0 Å². The number of ether oxygens (including phenoxy) is 2. The summed E-state index contributed by atoms with van der Waals surface area (Å²) in [6, 6.07) is 9.93. The normalized spacial score (nSPS) is 12.4. The van der Waals surface area contributed by atoms with Crippen LogP contribution in [-0.4, -0.2) is 13.2 Å². The number of rotatable bonds is 8. The molecule has 2 aromatic rings. The number of hydrogen-bond donors (Lipinski definition) is 0. The average molecular weight is 342 g/mol. The first-order valence-corrected chi connectivity index (χ1v) is 9.44. The molecular weight excluding hydrogens is 315 g/mol. The van der Waals surface area contributed by atoms with E-state index in [0.29, 0.717) is 18.8 Å². The third-order valence-electron chi connectivity index (χ3n) is 4.74. The SMILES string of the molecule is CCCCOc1ccc2c(c1)CCc1c-2ccc(OCCCC)c1F. The number of hydrogen-bond acceptors (Lipinski definition) is 2. The van der Waals surface area contributed by atoms with Gasteiger partial charge in [-0.1, -0.05) is 38.8 Å². The number of aryl methyl sites for hydroxylation is 1. The minimum atomic E-state index is -0.192. The Morgan fingerprint density at radius 1 is 0.880 bits per heavy atom. The summed E-state index contributed by atoms with van der Waals surface area (Å²) in [7, 11) is 0. The van der Waals surface area contributed by atoms with Crippen LogP contribution in [0.15, 0.2) is 30.3 Å². The molecule has 2 nitrogen and oxygen atoms in total. The zero-order valence-electron chi connectivity index (χ0n) is 15.2. The van der Waals surface area contributed by atoms with Crippen LogP contribution in [0.3, 0.4) is 0 Å². The first-order valence-electron chi connectivity index (χ1n) is 9.44. The van der Waals surface area contributed by atoms with Crippen LogP contribution < -0.4 is 9.47 Å². The van der Waals surface area contributed by atoms with Gasteiger partial charge in [-0.05, 0) is 66.1 Å². The molecule has 0 aromatic heterocycles. The molecule has 3 rings (SSSR count). The fourth-order valence-corrected chi connectivity index (χ4v) is 3.26. The van der Waals surface area contributed by atoms with Crippen LogP contribution in [0.2, 0.25) is 0 Å². The van der Waals surface area contributed by atoms with Crippen molar-refractivity contribution in [2.45, 2.75) is 52.4 Å². The minimum Gasteiger partial charge on any atom is -0.494 e. The fourth-order valence-electron chi connectivity index (χ4n) is 3.26. The maximum atomic E-state index is 14.8. The summed E-state index contributed by atoms with van der Waals surface area (Å²) in [5.41, 5.74) is 4.12. The van der Waals surface area contributed by atoms with Crippen LogP contribution in [0.1, 0.15) is 50.7 Å². The summed E-state index contributed by atoms with van der Waals surface area (Å²) in [6.45, 7) is 5.58. The summed E-state index contributed by atoms with van der Waals surface area (Å²) in [6.07, 6.45) is 5.72. The lowest BCUT2D eigenvalue weighted by molar-refractivity contribution is 0.293. The van der Waals surface area contributed by atoms with E-state index in [0.717, 1.165) is 61.2 Å². The Morgan fingerprint density at radius 2 is 1.60 bits per heavy atom. The molecule has 0 heterocycles. The number of fused-ring (bicyclic) bond motifs is 3. The van der Waals surface area contributed by atoms with Crippen molar-refractivity contribution >= 4 is 0 Å². The molecule has 1 aliphatic carbocycles. The third kappa shape index (κ3) is 3.97. The van der Waals surface area contributed by atoms with Gasteiger partial charge in [-0.3, -0.25) is 0 Å². The monoisotopic (exact) mass is 342 g/mol. The van der Waals surface area contributed by atoms with Gasteiger partial charge >= 0.3 is 0 Å². The summed E-state index contributed by atoms with van der Waals surface area (Å²) in [5.74, 6) is 1.10. The van der Waals surface area contributed by atoms with Crippen molar-refractivity contribution < 1.29 is 13.9 Å². The lowest BCUT2D eigenvalue weighted by atomic mass is 9.85. The third-order valence-corrected chi connectivity index (χ3v) is 4.74. The second kappa shape index (κ2) is 8.37. The Hall–Kier alpha value is -2.03. The predicted molar refractivity (Wildman–Crippen MR) is 100 cm³/mol. The van der Waals surface area contributed by atoms with Gasteiger partial charge in [0.2, 0.25) is 0 Å². The van der Waals surface area contributed by atoms with E-state index in [2.05, 4.69) is 26.0 Å². The Kier molecular flexibility index (Phi) is 5.95. The number of unbranched alkanes of at least 4 members (excludes halogenated alkanes) is 2. The lowest BCUT2D eigenvalue weighted by Gasteiger charge is -2.22. The molecule has 0 N–H and O–H groups in total. The smallest absolute Gasteiger partial charge is 0.168 e. The van der Waals surface area contributed by atoms with Gasteiger partial charge < -0.3 is 9.47 Å². The molecule has 0 radical (unpaired) electrons. The van der Waals surface area contributed by atoms with E-state index >= 15 is 0 Å². The molecule has 25 heavy (non-hydrogen) atoms. The van der Waals surface area contributed by atoms with E-state index < -0.39 is 0 Å². The summed E-state index contributed by atoms with van der Waals surface area (Å²) in [4.78, 5) is 0. The molecule has 0 spiro atoms. The van der Waals surface area contributed by atoms with E-state index in [-0.39, 0.29) is 5.82 Å². The first kappa shape index (κ1) is 17.8. The van der Waals surface area contributed by atoms with Crippen molar-refractivity contribution in [3.8, 4) is 22.6 Å². The van der Waals surface area contributed by atoms with Crippen LogP contribution in [0.5, 0.6) is 11.5 Å². The Balaban J connectivity index is 1.82. The van der Waals surface area contributed by atoms with Crippen LogP contribution in [0.25, 0.3) is 11.1 Å². The standard InChI is InChI=1S/C22H27FO2/c1-3-5-13-24-17-8-10-18-16(15-17)7-9-20-19(18)11-12-21(22(20)23)25-14-6-4-2/h8,10-12,15H,3-7,9,13-14H2,1-2H3. The van der Waals surface area contributed by atoms with Gasteiger partial charge in [0.25, 0.3) is 0 Å². The van der Waals surface area contributed by atoms with Crippen molar-refractivity contribution in [2.75, 3.05) is 13.2 Å². The van der Waals surface area contributed by atoms with Crippen molar-refractivity contribution in [3.05, 3.63) is 47.3 Å². The van der Waals surface area contributed by atoms with E-state index in [1.165, 1.54) is 5.56 Å². The highest BCUT2D eigenvalue weighted by molar-refractivity contribution is 5.75. The second-order valence-corrected chi connectivity index (χ2v) is 6.63. The van der Waals surface area contributed by atoms with Crippen molar-refractivity contribution in [1.29, 1.82) is 0 Å². The molecule has 3 heteroatoms. The van der Waals surface area contributed by atoms with Crippen LogP contribution >= 0.6 is 0 Å². The van der Waals surface area contributed by atoms with Crippen LogP contribution in [0.4, 0.5) is 4.39 Å². The fraction of sp³-hybridized carbons (Fsp3) is 0.455. The molecule has 0 saturated carbocycles. The molecule has 2 aromatic carbocycles. The molecule has 1 aliphatic rings. The highest BCUT2D eigenvalue weighted by Crippen LogP contribution is 2.39. The van der Waals surface area contributed by atoms with Gasteiger partial charge in [0.05, 0.1) is 13.2 Å². The molecular formula is C22H27FO2. The van der Waals surface area contributed by atoms with E-state index in [1.54, 1.807) is 6.07 Å². The van der Waals surface area contributed by atoms with Crippen molar-refractivity contribution in [1.82, 2.24) is 0 Å². The van der Waals surface area contributed by atoms with Gasteiger partial charge in [-0.2, -0.15) is 0 Å². The van der Waals surface area contributed by atoms with Gasteiger partial charge in [0, 0.05) is 0 Å². The Bertz CT molecular complexity index is 724. The predicted octanol–water partition coefficient (Wildman–Crippen LogP) is 5.95. The quantitative estimate of drug-likeness (QED) is 0.552. The zero-order chi connectivity index (χ0) is 17.6. The summed E-state index contributed by atoms with van der Waals surface area (Å²) in [5, 5.41) is 0. The Morgan fingerprint density at radius 3 is 2.36 bits per heavy atom.